The molecule has 15 heavy (non-hydrogen) atoms. The van der Waals surface area contributed by atoms with Gasteiger partial charge in [-0.15, -0.1) is 0 Å². The predicted molar refractivity (Wildman–Crippen MR) is 53.1 cm³/mol. The number of carboxylic acid groups (broad SMARTS) is 1. The van der Waals surface area contributed by atoms with Crippen LogP contribution in [0.25, 0.3) is 0 Å². The smallest absolute Gasteiger partial charge is 0.394 e. The van der Waals surface area contributed by atoms with E-state index in [1.807, 2.05) is 13.0 Å². The van der Waals surface area contributed by atoms with Crippen LogP contribution in [0.4, 0.5) is 0 Å². The largest absolute Gasteiger partial charge is 0.474 e. The minimum atomic E-state index is -1.48. The van der Waals surface area contributed by atoms with E-state index in [0.29, 0.717) is 5.69 Å². The number of aryl methyl sites for hydroxylation is 1. The summed E-state index contributed by atoms with van der Waals surface area (Å²) in [5.74, 6) is -2.49. The molecule has 0 spiro atoms. The van der Waals surface area contributed by atoms with Crippen molar-refractivity contribution in [2.45, 2.75) is 19.9 Å². The Bertz CT molecular complexity index is 377. The number of nitrogens with zero attached hydrogens (tertiary/aromatic N) is 1. The Morgan fingerprint density at radius 1 is 1.53 bits per heavy atom. The Hall–Kier alpha value is -1.91. The van der Waals surface area contributed by atoms with Gasteiger partial charge in [0, 0.05) is 6.20 Å². The molecule has 0 atom stereocenters. The number of nitrogens with one attached hydrogen (secondary N) is 1. The maximum absolute atomic E-state index is 10.8. The molecule has 5 nitrogen and oxygen atoms in total. The summed E-state index contributed by atoms with van der Waals surface area (Å²) in [4.78, 5) is 25.1. The van der Waals surface area contributed by atoms with Crippen LogP contribution < -0.4 is 5.32 Å². The van der Waals surface area contributed by atoms with Gasteiger partial charge in [0.05, 0.1) is 12.2 Å². The second-order valence-electron chi connectivity index (χ2n) is 2.95. The molecule has 0 aliphatic heterocycles. The normalized spacial score (nSPS) is 9.67. The third kappa shape index (κ3) is 3.05. The van der Waals surface area contributed by atoms with Gasteiger partial charge in [0.25, 0.3) is 0 Å². The summed E-state index contributed by atoms with van der Waals surface area (Å²) in [7, 11) is 0. The lowest BCUT2D eigenvalue weighted by atomic mass is 10.1. The fourth-order valence-electron chi connectivity index (χ4n) is 1.19. The maximum Gasteiger partial charge on any atom is 0.394 e. The van der Waals surface area contributed by atoms with Gasteiger partial charge in [-0.25, -0.2) is 4.79 Å². The number of carbonyl (C=O) groups excluding carboxylic acids is 1. The van der Waals surface area contributed by atoms with E-state index in [4.69, 9.17) is 5.11 Å². The molecular formula is C10H12N2O3. The van der Waals surface area contributed by atoms with Crippen molar-refractivity contribution in [3.8, 4) is 0 Å². The minimum absolute atomic E-state index is 0.148. The zero-order chi connectivity index (χ0) is 11.3. The molecule has 0 saturated heterocycles. The van der Waals surface area contributed by atoms with E-state index in [-0.39, 0.29) is 6.54 Å². The Labute approximate surface area is 87.1 Å². The monoisotopic (exact) mass is 208 g/mol. The summed E-state index contributed by atoms with van der Waals surface area (Å²) in [6.45, 7) is 2.12. The van der Waals surface area contributed by atoms with Crippen LogP contribution in [0.3, 0.4) is 0 Å². The van der Waals surface area contributed by atoms with E-state index in [1.54, 1.807) is 12.3 Å². The van der Waals surface area contributed by atoms with E-state index in [9.17, 15) is 9.59 Å². The van der Waals surface area contributed by atoms with Crippen LogP contribution in [-0.4, -0.2) is 22.0 Å². The van der Waals surface area contributed by atoms with E-state index in [2.05, 4.69) is 10.3 Å². The van der Waals surface area contributed by atoms with Gasteiger partial charge in [-0.3, -0.25) is 9.78 Å². The molecule has 1 rings (SSSR count). The molecule has 80 valence electrons. The molecule has 0 fully saturated rings. The van der Waals surface area contributed by atoms with Crippen molar-refractivity contribution < 1.29 is 14.7 Å². The maximum atomic E-state index is 10.8. The minimum Gasteiger partial charge on any atom is -0.474 e. The Balaban J connectivity index is 2.65. The molecular weight excluding hydrogens is 196 g/mol. The summed E-state index contributed by atoms with van der Waals surface area (Å²) >= 11 is 0. The number of amides is 1. The molecule has 2 N–H and O–H groups in total. The average molecular weight is 208 g/mol. The summed E-state index contributed by atoms with van der Waals surface area (Å²) < 4.78 is 0. The second-order valence-corrected chi connectivity index (χ2v) is 2.95. The predicted octanol–water partition coefficient (Wildman–Crippen LogP) is 0.345. The third-order valence-corrected chi connectivity index (χ3v) is 1.98. The van der Waals surface area contributed by atoms with Crippen molar-refractivity contribution >= 4 is 11.9 Å². The molecule has 1 aromatic rings. The first kappa shape index (κ1) is 11.2. The SMILES string of the molecule is CCc1cccnc1CNC(=O)C(=O)O. The zero-order valence-electron chi connectivity index (χ0n) is 8.36. The number of aromatic nitrogens is 1. The Kier molecular flexibility index (Phi) is 3.79. The van der Waals surface area contributed by atoms with Gasteiger partial charge in [-0.1, -0.05) is 13.0 Å². The van der Waals surface area contributed by atoms with Gasteiger partial charge >= 0.3 is 11.9 Å². The van der Waals surface area contributed by atoms with Gasteiger partial charge in [0.1, 0.15) is 0 Å². The number of carboxylic acids is 1. The van der Waals surface area contributed by atoms with Crippen LogP contribution in [0.2, 0.25) is 0 Å². The molecule has 5 heteroatoms. The topological polar surface area (TPSA) is 79.3 Å². The molecule has 1 aromatic heterocycles. The molecule has 0 aromatic carbocycles. The lowest BCUT2D eigenvalue weighted by molar-refractivity contribution is -0.150. The van der Waals surface area contributed by atoms with Crippen molar-refractivity contribution in [1.29, 1.82) is 0 Å². The van der Waals surface area contributed by atoms with Gasteiger partial charge in [-0.2, -0.15) is 0 Å². The van der Waals surface area contributed by atoms with Gasteiger partial charge < -0.3 is 10.4 Å². The van der Waals surface area contributed by atoms with Crippen LogP contribution in [0, 0.1) is 0 Å². The van der Waals surface area contributed by atoms with E-state index >= 15 is 0 Å². The van der Waals surface area contributed by atoms with Crippen LogP contribution >= 0.6 is 0 Å². The quantitative estimate of drug-likeness (QED) is 0.702. The highest BCUT2D eigenvalue weighted by atomic mass is 16.4. The van der Waals surface area contributed by atoms with E-state index < -0.39 is 11.9 Å². The fraction of sp³-hybridized carbons (Fsp3) is 0.300. The van der Waals surface area contributed by atoms with Crippen LogP contribution in [0.1, 0.15) is 18.2 Å². The zero-order valence-corrected chi connectivity index (χ0v) is 8.36. The fourth-order valence-corrected chi connectivity index (χ4v) is 1.19. The standard InChI is InChI=1S/C10H12N2O3/c1-2-7-4-3-5-11-8(7)6-12-9(13)10(14)15/h3-5H,2,6H2,1H3,(H,12,13)(H,14,15). The Morgan fingerprint density at radius 2 is 2.27 bits per heavy atom. The first-order valence-corrected chi connectivity index (χ1v) is 4.59. The molecule has 1 amide bonds. The molecule has 0 radical (unpaired) electrons. The molecule has 0 aliphatic carbocycles. The van der Waals surface area contributed by atoms with Crippen LogP contribution in [-0.2, 0) is 22.6 Å². The van der Waals surface area contributed by atoms with Crippen molar-refractivity contribution in [2.75, 3.05) is 0 Å². The van der Waals surface area contributed by atoms with Crippen molar-refractivity contribution in [3.63, 3.8) is 0 Å². The van der Waals surface area contributed by atoms with Crippen molar-refractivity contribution in [1.82, 2.24) is 10.3 Å². The third-order valence-electron chi connectivity index (χ3n) is 1.98. The summed E-state index contributed by atoms with van der Waals surface area (Å²) in [6.07, 6.45) is 2.41. The van der Waals surface area contributed by atoms with Crippen molar-refractivity contribution in [3.05, 3.63) is 29.6 Å². The summed E-state index contributed by atoms with van der Waals surface area (Å²) in [5, 5.41) is 10.6. The summed E-state index contributed by atoms with van der Waals surface area (Å²) in [5.41, 5.74) is 1.71. The number of rotatable bonds is 3. The molecule has 0 bridgehead atoms. The first-order valence-electron chi connectivity index (χ1n) is 4.59. The van der Waals surface area contributed by atoms with Crippen molar-refractivity contribution in [2.24, 2.45) is 0 Å². The number of hydrogen-bond acceptors (Lipinski definition) is 3. The lowest BCUT2D eigenvalue weighted by Gasteiger charge is -2.06. The molecule has 0 unspecified atom stereocenters. The highest BCUT2D eigenvalue weighted by molar-refractivity contribution is 6.31. The van der Waals surface area contributed by atoms with Gasteiger partial charge in [0.15, 0.2) is 0 Å². The van der Waals surface area contributed by atoms with Crippen LogP contribution in [0.5, 0.6) is 0 Å². The average Bonchev–Trinajstić information content (AvgIpc) is 2.26. The highest BCUT2D eigenvalue weighted by Crippen LogP contribution is 2.05. The second kappa shape index (κ2) is 5.09. The number of carbonyl (C=O) groups is 2. The van der Waals surface area contributed by atoms with Gasteiger partial charge in [0.2, 0.25) is 0 Å². The number of hydrogen-bond donors (Lipinski definition) is 2. The van der Waals surface area contributed by atoms with Gasteiger partial charge in [-0.05, 0) is 18.1 Å². The molecule has 0 aliphatic rings. The lowest BCUT2D eigenvalue weighted by Crippen LogP contribution is -2.30. The van der Waals surface area contributed by atoms with E-state index in [0.717, 1.165) is 12.0 Å². The van der Waals surface area contributed by atoms with Crippen LogP contribution in [0.15, 0.2) is 18.3 Å². The first-order chi connectivity index (χ1) is 7.15. The summed E-state index contributed by atoms with van der Waals surface area (Å²) in [6, 6.07) is 3.70. The number of pyridine rings is 1. The molecule has 0 saturated carbocycles. The Morgan fingerprint density at radius 3 is 2.87 bits per heavy atom. The highest BCUT2D eigenvalue weighted by Gasteiger charge is 2.11. The molecule has 1 heterocycles. The number of aliphatic carboxylic acids is 1. The van der Waals surface area contributed by atoms with E-state index in [1.165, 1.54) is 0 Å².